The summed E-state index contributed by atoms with van der Waals surface area (Å²) in [6.45, 7) is 0. The zero-order valence-electron chi connectivity index (χ0n) is 6.88. The topological polar surface area (TPSA) is 46.5 Å². The van der Waals surface area contributed by atoms with Crippen LogP contribution in [0, 0.1) is 35.6 Å². The molecular weight excluding hydrogens is 295 g/mol. The maximum atomic E-state index is 10.4. The minimum atomic E-state index is -0.779. The Morgan fingerprint density at radius 1 is 1.31 bits per heavy atom. The Morgan fingerprint density at radius 3 is 2.46 bits per heavy atom. The number of carbonyl (C=O) groups is 1. The van der Waals surface area contributed by atoms with Crippen molar-refractivity contribution in [3.05, 3.63) is 42.0 Å². The summed E-state index contributed by atoms with van der Waals surface area (Å²) in [7, 11) is 0. The SMILES string of the molecule is O=C(C=Cc1ccccc1)OO.[La]. The molecule has 0 amide bonds. The maximum absolute atomic E-state index is 10.4. The molecule has 1 rings (SSSR count). The van der Waals surface area contributed by atoms with Gasteiger partial charge >= 0.3 is 5.97 Å². The Hall–Kier alpha value is -0.415. The van der Waals surface area contributed by atoms with Crippen molar-refractivity contribution in [1.82, 2.24) is 0 Å². The van der Waals surface area contributed by atoms with Crippen LogP contribution >= 0.6 is 0 Å². The van der Waals surface area contributed by atoms with E-state index in [0.29, 0.717) is 0 Å². The van der Waals surface area contributed by atoms with Crippen molar-refractivity contribution >= 4 is 12.0 Å². The van der Waals surface area contributed by atoms with Crippen molar-refractivity contribution in [3.63, 3.8) is 0 Å². The molecule has 0 saturated carbocycles. The first-order valence-corrected chi connectivity index (χ1v) is 3.41. The molecule has 0 spiro atoms. The van der Waals surface area contributed by atoms with E-state index in [0.717, 1.165) is 11.6 Å². The van der Waals surface area contributed by atoms with E-state index in [9.17, 15) is 4.79 Å². The molecule has 65 valence electrons. The molecule has 0 aliphatic carbocycles. The van der Waals surface area contributed by atoms with Gasteiger partial charge in [0.1, 0.15) is 0 Å². The van der Waals surface area contributed by atoms with Crippen LogP contribution in [0.1, 0.15) is 5.56 Å². The van der Waals surface area contributed by atoms with Crippen molar-refractivity contribution in [2.45, 2.75) is 0 Å². The van der Waals surface area contributed by atoms with Gasteiger partial charge < -0.3 is 0 Å². The van der Waals surface area contributed by atoms with E-state index in [2.05, 4.69) is 4.89 Å². The van der Waals surface area contributed by atoms with E-state index >= 15 is 0 Å². The molecule has 0 fully saturated rings. The monoisotopic (exact) mass is 303 g/mol. The van der Waals surface area contributed by atoms with Crippen molar-refractivity contribution in [2.24, 2.45) is 0 Å². The van der Waals surface area contributed by atoms with Crippen molar-refractivity contribution in [3.8, 4) is 0 Å². The molecule has 0 unspecified atom stereocenters. The summed E-state index contributed by atoms with van der Waals surface area (Å²) in [5.74, 6) is -0.779. The molecule has 0 saturated heterocycles. The van der Waals surface area contributed by atoms with Crippen LogP contribution in [-0.2, 0) is 9.68 Å². The molecular formula is C9H8LaO3. The van der Waals surface area contributed by atoms with E-state index in [1.54, 1.807) is 6.08 Å². The Balaban J connectivity index is 0.00000144. The Labute approximate surface area is 104 Å². The number of carbonyl (C=O) groups excluding carboxylic acids is 1. The maximum Gasteiger partial charge on any atom is 0.365 e. The average Bonchev–Trinajstić information content (AvgIpc) is 2.16. The first-order chi connectivity index (χ1) is 5.83. The fourth-order valence-corrected chi connectivity index (χ4v) is 0.759. The number of benzene rings is 1. The van der Waals surface area contributed by atoms with Gasteiger partial charge in [-0.2, -0.15) is 5.26 Å². The summed E-state index contributed by atoms with van der Waals surface area (Å²) >= 11 is 0. The van der Waals surface area contributed by atoms with E-state index in [4.69, 9.17) is 5.26 Å². The molecule has 0 aliphatic heterocycles. The molecule has 1 N–H and O–H groups in total. The first kappa shape index (κ1) is 12.6. The van der Waals surface area contributed by atoms with Gasteiger partial charge in [0.25, 0.3) is 0 Å². The molecule has 0 aromatic heterocycles. The molecule has 13 heavy (non-hydrogen) atoms. The summed E-state index contributed by atoms with van der Waals surface area (Å²) < 4.78 is 0. The molecule has 1 radical (unpaired) electrons. The third kappa shape index (κ3) is 5.00. The molecule has 1 aromatic carbocycles. The van der Waals surface area contributed by atoms with Crippen LogP contribution in [0.2, 0.25) is 0 Å². The smallest absolute Gasteiger partial charge is 0.296 e. The number of rotatable bonds is 2. The largest absolute Gasteiger partial charge is 0.365 e. The molecule has 3 nitrogen and oxygen atoms in total. The van der Waals surface area contributed by atoms with Gasteiger partial charge in [-0.05, 0) is 11.6 Å². The summed E-state index contributed by atoms with van der Waals surface area (Å²) in [5.41, 5.74) is 0.878. The van der Waals surface area contributed by atoms with Gasteiger partial charge in [-0.1, -0.05) is 30.3 Å². The fraction of sp³-hybridized carbons (Fsp3) is 0. The van der Waals surface area contributed by atoms with Gasteiger partial charge in [-0.25, -0.2) is 4.79 Å². The van der Waals surface area contributed by atoms with Crippen LogP contribution in [0.5, 0.6) is 0 Å². The second-order valence-corrected chi connectivity index (χ2v) is 2.15. The van der Waals surface area contributed by atoms with Crippen LogP contribution in [0.15, 0.2) is 36.4 Å². The van der Waals surface area contributed by atoms with Crippen LogP contribution in [0.3, 0.4) is 0 Å². The Bertz CT molecular complexity index is 282. The second kappa shape index (κ2) is 7.03. The zero-order valence-corrected chi connectivity index (χ0v) is 10.5. The van der Waals surface area contributed by atoms with Crippen LogP contribution in [0.4, 0.5) is 0 Å². The predicted octanol–water partition coefficient (Wildman–Crippen LogP) is 1.72. The fourth-order valence-electron chi connectivity index (χ4n) is 0.759. The number of hydrogen-bond donors (Lipinski definition) is 1. The summed E-state index contributed by atoms with van der Waals surface area (Å²) in [6, 6.07) is 9.25. The van der Waals surface area contributed by atoms with Gasteiger partial charge in [0.2, 0.25) is 0 Å². The predicted molar refractivity (Wildman–Crippen MR) is 44.2 cm³/mol. The van der Waals surface area contributed by atoms with Crippen LogP contribution in [-0.4, -0.2) is 11.2 Å². The first-order valence-electron chi connectivity index (χ1n) is 3.41. The van der Waals surface area contributed by atoms with E-state index in [-0.39, 0.29) is 35.6 Å². The van der Waals surface area contributed by atoms with Gasteiger partial charge in [-0.15, -0.1) is 0 Å². The molecule has 0 heterocycles. The average molecular weight is 303 g/mol. The van der Waals surface area contributed by atoms with E-state index in [1.807, 2.05) is 30.3 Å². The third-order valence-corrected chi connectivity index (χ3v) is 1.30. The summed E-state index contributed by atoms with van der Waals surface area (Å²) in [5, 5.41) is 7.91. The standard InChI is InChI=1S/C9H8O3.La/c10-9(12-11)7-6-8-4-2-1-3-5-8;/h1-7,11H;. The third-order valence-electron chi connectivity index (χ3n) is 1.30. The van der Waals surface area contributed by atoms with E-state index in [1.165, 1.54) is 0 Å². The molecule has 0 bridgehead atoms. The Morgan fingerprint density at radius 2 is 1.92 bits per heavy atom. The van der Waals surface area contributed by atoms with Gasteiger partial charge in [0.15, 0.2) is 0 Å². The second-order valence-electron chi connectivity index (χ2n) is 2.15. The van der Waals surface area contributed by atoms with E-state index < -0.39 is 5.97 Å². The minimum Gasteiger partial charge on any atom is -0.296 e. The molecule has 1 aromatic rings. The quantitative estimate of drug-likeness (QED) is 0.514. The summed E-state index contributed by atoms with van der Waals surface area (Å²) in [6.07, 6.45) is 2.70. The molecule has 0 atom stereocenters. The number of hydrogen-bond acceptors (Lipinski definition) is 3. The molecule has 0 aliphatic rings. The van der Waals surface area contributed by atoms with Crippen LogP contribution < -0.4 is 0 Å². The van der Waals surface area contributed by atoms with Gasteiger partial charge in [-0.3, -0.25) is 4.89 Å². The Kier molecular flexibility index (Phi) is 6.81. The minimum absolute atomic E-state index is 0. The van der Waals surface area contributed by atoms with Crippen molar-refractivity contribution in [1.29, 1.82) is 0 Å². The zero-order chi connectivity index (χ0) is 8.81. The van der Waals surface area contributed by atoms with Crippen molar-refractivity contribution < 1.29 is 50.5 Å². The summed E-state index contributed by atoms with van der Waals surface area (Å²) in [4.78, 5) is 13.9. The van der Waals surface area contributed by atoms with Crippen LogP contribution in [0.25, 0.3) is 6.08 Å². The normalized spacial score (nSPS) is 9.31. The van der Waals surface area contributed by atoms with Crippen molar-refractivity contribution in [2.75, 3.05) is 0 Å². The molecule has 4 heteroatoms. The van der Waals surface area contributed by atoms with Gasteiger partial charge in [0, 0.05) is 41.7 Å². The van der Waals surface area contributed by atoms with Gasteiger partial charge in [0.05, 0.1) is 0 Å².